The van der Waals surface area contributed by atoms with Gasteiger partial charge in [-0.25, -0.2) is 0 Å². The van der Waals surface area contributed by atoms with Crippen molar-refractivity contribution in [1.82, 2.24) is 5.32 Å². The Morgan fingerprint density at radius 2 is 1.85 bits per heavy atom. The smallest absolute Gasteiger partial charge is 0.0218 e. The van der Waals surface area contributed by atoms with E-state index in [4.69, 9.17) is 0 Å². The number of allylic oxidation sites excluding steroid dienone is 1. The van der Waals surface area contributed by atoms with Crippen molar-refractivity contribution >= 4 is 0 Å². The largest absolute Gasteiger partial charge is 0.314 e. The maximum absolute atomic E-state index is 3.23. The first-order valence-corrected chi connectivity index (χ1v) is 5.58. The maximum Gasteiger partial charge on any atom is 0.0218 e. The van der Waals surface area contributed by atoms with Crippen LogP contribution >= 0.6 is 0 Å². The molecule has 0 amide bonds. The van der Waals surface area contributed by atoms with Crippen molar-refractivity contribution in [3.63, 3.8) is 0 Å². The van der Waals surface area contributed by atoms with Crippen molar-refractivity contribution < 1.29 is 0 Å². The Morgan fingerprint density at radius 3 is 2.38 bits per heavy atom. The molecule has 0 aliphatic heterocycles. The van der Waals surface area contributed by atoms with Gasteiger partial charge in [-0.1, -0.05) is 31.9 Å². The molecule has 1 fully saturated rings. The van der Waals surface area contributed by atoms with Crippen LogP contribution < -0.4 is 5.32 Å². The Labute approximate surface area is 82.6 Å². The quantitative estimate of drug-likeness (QED) is 0.660. The predicted molar refractivity (Wildman–Crippen MR) is 58.8 cm³/mol. The normalized spacial score (nSPS) is 32.2. The first-order chi connectivity index (χ1) is 6.22. The molecule has 13 heavy (non-hydrogen) atoms. The summed E-state index contributed by atoms with van der Waals surface area (Å²) in [5.74, 6) is 1.82. The lowest BCUT2D eigenvalue weighted by molar-refractivity contribution is 0.330. The highest BCUT2D eigenvalue weighted by Gasteiger charge is 2.15. The van der Waals surface area contributed by atoms with Crippen molar-refractivity contribution in [2.45, 2.75) is 45.6 Å². The van der Waals surface area contributed by atoms with Gasteiger partial charge in [-0.05, 0) is 38.6 Å². The van der Waals surface area contributed by atoms with Crippen LogP contribution in [0.15, 0.2) is 12.2 Å². The van der Waals surface area contributed by atoms with Gasteiger partial charge in [0.05, 0.1) is 0 Å². The molecule has 0 aromatic carbocycles. The van der Waals surface area contributed by atoms with Crippen molar-refractivity contribution in [2.75, 3.05) is 7.05 Å². The van der Waals surface area contributed by atoms with Gasteiger partial charge >= 0.3 is 0 Å². The molecule has 0 aromatic heterocycles. The third kappa shape index (κ3) is 3.95. The van der Waals surface area contributed by atoms with E-state index in [1.165, 1.54) is 25.7 Å². The highest BCUT2D eigenvalue weighted by molar-refractivity contribution is 4.95. The highest BCUT2D eigenvalue weighted by atomic mass is 14.8. The van der Waals surface area contributed by atoms with Gasteiger partial charge in [0.15, 0.2) is 0 Å². The van der Waals surface area contributed by atoms with Crippen LogP contribution in [0, 0.1) is 11.8 Å². The van der Waals surface area contributed by atoms with Crippen LogP contribution in [-0.2, 0) is 0 Å². The maximum atomic E-state index is 3.23. The molecule has 0 saturated heterocycles. The SMILES string of the molecule is CNC(C)/C=C/C1CCC(C)CC1. The molecule has 1 atom stereocenters. The zero-order valence-corrected chi connectivity index (χ0v) is 9.22. The van der Waals surface area contributed by atoms with E-state index in [2.05, 4.69) is 31.3 Å². The van der Waals surface area contributed by atoms with Gasteiger partial charge in [-0.2, -0.15) is 0 Å². The fourth-order valence-electron chi connectivity index (χ4n) is 1.90. The van der Waals surface area contributed by atoms with Crippen molar-refractivity contribution in [1.29, 1.82) is 0 Å². The molecule has 0 bridgehead atoms. The van der Waals surface area contributed by atoms with E-state index >= 15 is 0 Å². The summed E-state index contributed by atoms with van der Waals surface area (Å²) in [5.41, 5.74) is 0. The topological polar surface area (TPSA) is 12.0 Å². The average Bonchev–Trinajstić information content (AvgIpc) is 2.16. The summed E-state index contributed by atoms with van der Waals surface area (Å²) in [7, 11) is 2.01. The first kappa shape index (κ1) is 10.8. The Hall–Kier alpha value is -0.300. The number of rotatable bonds is 3. The second-order valence-electron chi connectivity index (χ2n) is 4.48. The summed E-state index contributed by atoms with van der Waals surface area (Å²) in [6.45, 7) is 4.57. The molecule has 1 rings (SSSR count). The van der Waals surface area contributed by atoms with Crippen LogP contribution in [0.4, 0.5) is 0 Å². The number of likely N-dealkylation sites (N-methyl/N-ethyl adjacent to an activating group) is 1. The van der Waals surface area contributed by atoms with Gasteiger partial charge in [-0.15, -0.1) is 0 Å². The standard InChI is InChI=1S/C12H23N/c1-10-4-7-12(8-5-10)9-6-11(2)13-3/h6,9-13H,4-5,7-8H2,1-3H3/b9-6+. The number of nitrogens with one attached hydrogen (secondary N) is 1. The molecular weight excluding hydrogens is 158 g/mol. The molecule has 1 heteroatoms. The minimum absolute atomic E-state index is 0.527. The van der Waals surface area contributed by atoms with Gasteiger partial charge in [0.2, 0.25) is 0 Å². The van der Waals surface area contributed by atoms with Gasteiger partial charge in [-0.3, -0.25) is 0 Å². The van der Waals surface area contributed by atoms with Crippen molar-refractivity contribution in [3.8, 4) is 0 Å². The summed E-state index contributed by atoms with van der Waals surface area (Å²) >= 11 is 0. The predicted octanol–water partition coefficient (Wildman–Crippen LogP) is 2.98. The van der Waals surface area contributed by atoms with Crippen molar-refractivity contribution in [2.24, 2.45) is 11.8 Å². The van der Waals surface area contributed by atoms with Gasteiger partial charge in [0.1, 0.15) is 0 Å². The van der Waals surface area contributed by atoms with E-state index in [1.807, 2.05) is 7.05 Å². The zero-order chi connectivity index (χ0) is 9.68. The highest BCUT2D eigenvalue weighted by Crippen LogP contribution is 2.28. The van der Waals surface area contributed by atoms with E-state index in [-0.39, 0.29) is 0 Å². The molecule has 1 saturated carbocycles. The average molecular weight is 181 g/mol. The second kappa shape index (κ2) is 5.43. The van der Waals surface area contributed by atoms with Crippen LogP contribution in [0.5, 0.6) is 0 Å². The van der Waals surface area contributed by atoms with E-state index in [1.54, 1.807) is 0 Å². The van der Waals surface area contributed by atoms with E-state index < -0.39 is 0 Å². The fourth-order valence-corrected chi connectivity index (χ4v) is 1.90. The zero-order valence-electron chi connectivity index (χ0n) is 9.22. The third-order valence-corrected chi connectivity index (χ3v) is 3.19. The van der Waals surface area contributed by atoms with Crippen LogP contribution in [0.1, 0.15) is 39.5 Å². The van der Waals surface area contributed by atoms with E-state index in [9.17, 15) is 0 Å². The fraction of sp³-hybridized carbons (Fsp3) is 0.833. The van der Waals surface area contributed by atoms with Crippen LogP contribution in [-0.4, -0.2) is 13.1 Å². The second-order valence-corrected chi connectivity index (χ2v) is 4.48. The molecule has 0 aromatic rings. The monoisotopic (exact) mass is 181 g/mol. The van der Waals surface area contributed by atoms with Crippen molar-refractivity contribution in [3.05, 3.63) is 12.2 Å². The Morgan fingerprint density at radius 1 is 1.23 bits per heavy atom. The molecular formula is C12H23N. The molecule has 1 N–H and O–H groups in total. The molecule has 76 valence electrons. The van der Waals surface area contributed by atoms with Gasteiger partial charge in [0.25, 0.3) is 0 Å². The minimum atomic E-state index is 0.527. The van der Waals surface area contributed by atoms with Gasteiger partial charge < -0.3 is 5.32 Å². The Bertz CT molecular complexity index is 155. The first-order valence-electron chi connectivity index (χ1n) is 5.58. The summed E-state index contributed by atoms with van der Waals surface area (Å²) in [6.07, 6.45) is 10.3. The number of hydrogen-bond acceptors (Lipinski definition) is 1. The van der Waals surface area contributed by atoms with Gasteiger partial charge in [0, 0.05) is 6.04 Å². The molecule has 1 unspecified atom stereocenters. The van der Waals surface area contributed by atoms with E-state index in [0.717, 1.165) is 11.8 Å². The molecule has 1 aliphatic rings. The van der Waals surface area contributed by atoms with Crippen LogP contribution in [0.25, 0.3) is 0 Å². The molecule has 1 nitrogen and oxygen atoms in total. The minimum Gasteiger partial charge on any atom is -0.314 e. The Kier molecular flexibility index (Phi) is 4.51. The lowest BCUT2D eigenvalue weighted by Crippen LogP contribution is -2.19. The molecule has 0 heterocycles. The number of hydrogen-bond donors (Lipinski definition) is 1. The lowest BCUT2D eigenvalue weighted by atomic mass is 9.83. The van der Waals surface area contributed by atoms with E-state index in [0.29, 0.717) is 6.04 Å². The van der Waals surface area contributed by atoms with Crippen LogP contribution in [0.2, 0.25) is 0 Å². The lowest BCUT2D eigenvalue weighted by Gasteiger charge is -2.23. The third-order valence-electron chi connectivity index (χ3n) is 3.19. The Balaban J connectivity index is 2.25. The molecule has 1 aliphatic carbocycles. The molecule has 0 radical (unpaired) electrons. The summed E-state index contributed by atoms with van der Waals surface area (Å²) in [5, 5.41) is 3.23. The summed E-state index contributed by atoms with van der Waals surface area (Å²) < 4.78 is 0. The summed E-state index contributed by atoms with van der Waals surface area (Å²) in [6, 6.07) is 0.527. The van der Waals surface area contributed by atoms with Crippen LogP contribution in [0.3, 0.4) is 0 Å². The summed E-state index contributed by atoms with van der Waals surface area (Å²) in [4.78, 5) is 0. The molecule has 0 spiro atoms.